The van der Waals surface area contributed by atoms with E-state index in [0.717, 1.165) is 6.08 Å². The maximum absolute atomic E-state index is 13.4. The summed E-state index contributed by atoms with van der Waals surface area (Å²) < 4.78 is 24.9. The topological polar surface area (TPSA) is 85.7 Å². The number of aromatic nitrogens is 2. The third-order valence-corrected chi connectivity index (χ3v) is 5.45. The van der Waals surface area contributed by atoms with Gasteiger partial charge in [0.2, 0.25) is 0 Å². The van der Waals surface area contributed by atoms with Gasteiger partial charge in [0.1, 0.15) is 36.1 Å². The SMILES string of the molecule is C=CC(=O)N=CC#Cc1cc2c(Nc3ccc(OCc4cccc(F)c4)c(Cl)c3)ncnc2cc1OCC. The Morgan fingerprint density at radius 2 is 2.03 bits per heavy atom. The van der Waals surface area contributed by atoms with E-state index >= 15 is 0 Å². The lowest BCUT2D eigenvalue weighted by atomic mass is 10.1. The summed E-state index contributed by atoms with van der Waals surface area (Å²) in [5, 5.41) is 4.33. The second-order valence-corrected chi connectivity index (χ2v) is 8.19. The number of nitrogens with zero attached hydrogens (tertiary/aromatic N) is 3. The summed E-state index contributed by atoms with van der Waals surface area (Å²) in [5.74, 6) is 6.42. The smallest absolute Gasteiger partial charge is 0.269 e. The summed E-state index contributed by atoms with van der Waals surface area (Å²) >= 11 is 6.45. The Hall–Kier alpha value is -4.74. The fraction of sp³-hybridized carbons (Fsp3) is 0.103. The molecule has 38 heavy (non-hydrogen) atoms. The van der Waals surface area contributed by atoms with Gasteiger partial charge in [0.15, 0.2) is 0 Å². The van der Waals surface area contributed by atoms with E-state index in [2.05, 4.69) is 38.7 Å². The maximum atomic E-state index is 13.4. The first-order valence-corrected chi connectivity index (χ1v) is 11.9. The minimum absolute atomic E-state index is 0.180. The van der Waals surface area contributed by atoms with Crippen LogP contribution in [0.4, 0.5) is 15.9 Å². The van der Waals surface area contributed by atoms with E-state index in [1.54, 1.807) is 42.5 Å². The molecule has 0 saturated carbocycles. The van der Waals surface area contributed by atoms with Gasteiger partial charge in [0, 0.05) is 17.1 Å². The Morgan fingerprint density at radius 1 is 1.16 bits per heavy atom. The van der Waals surface area contributed by atoms with Crippen LogP contribution in [-0.2, 0) is 11.4 Å². The number of rotatable bonds is 8. The average molecular weight is 529 g/mol. The number of anilines is 2. The number of hydrogen-bond acceptors (Lipinski definition) is 6. The van der Waals surface area contributed by atoms with Gasteiger partial charge in [-0.15, -0.1) is 0 Å². The zero-order valence-corrected chi connectivity index (χ0v) is 21.1. The lowest BCUT2D eigenvalue weighted by molar-refractivity contribution is -0.113. The highest BCUT2D eigenvalue weighted by molar-refractivity contribution is 6.32. The number of carbonyl (C=O) groups is 1. The summed E-state index contributed by atoms with van der Waals surface area (Å²) in [7, 11) is 0. The Morgan fingerprint density at radius 3 is 2.79 bits per heavy atom. The van der Waals surface area contributed by atoms with Gasteiger partial charge in [-0.05, 0) is 60.9 Å². The van der Waals surface area contributed by atoms with Gasteiger partial charge >= 0.3 is 0 Å². The molecule has 0 radical (unpaired) electrons. The summed E-state index contributed by atoms with van der Waals surface area (Å²) in [6, 6.07) is 15.0. The molecule has 1 N–H and O–H groups in total. The molecular weight excluding hydrogens is 507 g/mol. The van der Waals surface area contributed by atoms with E-state index in [0.29, 0.717) is 56.7 Å². The number of fused-ring (bicyclic) bond motifs is 1. The van der Waals surface area contributed by atoms with Crippen molar-refractivity contribution >= 4 is 46.1 Å². The first-order chi connectivity index (χ1) is 18.5. The van der Waals surface area contributed by atoms with Gasteiger partial charge in [-0.2, -0.15) is 0 Å². The van der Waals surface area contributed by atoms with Crippen LogP contribution in [0.3, 0.4) is 0 Å². The van der Waals surface area contributed by atoms with Crippen molar-refractivity contribution in [2.75, 3.05) is 11.9 Å². The molecule has 1 heterocycles. The summed E-state index contributed by atoms with van der Waals surface area (Å²) in [6.07, 6.45) is 3.76. The van der Waals surface area contributed by atoms with Crippen LogP contribution in [0.5, 0.6) is 11.5 Å². The maximum Gasteiger partial charge on any atom is 0.269 e. The minimum atomic E-state index is -0.480. The van der Waals surface area contributed by atoms with Crippen molar-refractivity contribution in [2.45, 2.75) is 13.5 Å². The van der Waals surface area contributed by atoms with Gasteiger partial charge < -0.3 is 14.8 Å². The molecule has 0 saturated heterocycles. The van der Waals surface area contributed by atoms with Crippen molar-refractivity contribution in [1.29, 1.82) is 0 Å². The molecule has 4 aromatic rings. The number of halogens is 2. The molecule has 1 amide bonds. The van der Waals surface area contributed by atoms with Crippen LogP contribution in [0.25, 0.3) is 10.9 Å². The zero-order valence-electron chi connectivity index (χ0n) is 20.4. The van der Waals surface area contributed by atoms with Crippen molar-refractivity contribution in [2.24, 2.45) is 4.99 Å². The number of amides is 1. The minimum Gasteiger partial charge on any atom is -0.492 e. The van der Waals surface area contributed by atoms with Crippen LogP contribution in [0, 0.1) is 17.7 Å². The van der Waals surface area contributed by atoms with Crippen LogP contribution in [0.2, 0.25) is 5.02 Å². The van der Waals surface area contributed by atoms with Crippen molar-refractivity contribution in [3.05, 3.63) is 95.5 Å². The lowest BCUT2D eigenvalue weighted by Crippen LogP contribution is -2.00. The average Bonchev–Trinajstić information content (AvgIpc) is 2.91. The van der Waals surface area contributed by atoms with E-state index in [1.807, 2.05) is 6.92 Å². The van der Waals surface area contributed by atoms with Gasteiger partial charge in [-0.25, -0.2) is 19.4 Å². The number of carbonyl (C=O) groups excluding carboxylic acids is 1. The number of aliphatic imine (C=N–C) groups is 1. The quantitative estimate of drug-likeness (QED) is 0.165. The zero-order chi connectivity index (χ0) is 26.9. The van der Waals surface area contributed by atoms with Gasteiger partial charge in [-0.1, -0.05) is 36.2 Å². The molecule has 3 aromatic carbocycles. The third kappa shape index (κ3) is 6.72. The normalized spacial score (nSPS) is 10.6. The molecule has 9 heteroatoms. The molecular formula is C29H22ClFN4O3. The predicted octanol–water partition coefficient (Wildman–Crippen LogP) is 6.28. The lowest BCUT2D eigenvalue weighted by Gasteiger charge is -2.13. The van der Waals surface area contributed by atoms with Crippen molar-refractivity contribution in [3.8, 4) is 23.3 Å². The van der Waals surface area contributed by atoms with E-state index in [9.17, 15) is 9.18 Å². The van der Waals surface area contributed by atoms with E-state index in [1.165, 1.54) is 24.7 Å². The third-order valence-electron chi connectivity index (χ3n) is 5.15. The van der Waals surface area contributed by atoms with Gasteiger partial charge in [-0.3, -0.25) is 4.79 Å². The second-order valence-electron chi connectivity index (χ2n) is 7.78. The number of hydrogen-bond donors (Lipinski definition) is 1. The van der Waals surface area contributed by atoms with Crippen LogP contribution in [0.15, 0.2) is 78.6 Å². The molecule has 0 atom stereocenters. The molecule has 7 nitrogen and oxygen atoms in total. The van der Waals surface area contributed by atoms with Crippen LogP contribution < -0.4 is 14.8 Å². The predicted molar refractivity (Wildman–Crippen MR) is 147 cm³/mol. The van der Waals surface area contributed by atoms with E-state index in [-0.39, 0.29) is 12.4 Å². The van der Waals surface area contributed by atoms with Crippen molar-refractivity contribution < 1.29 is 18.7 Å². The molecule has 0 aliphatic rings. The molecule has 0 aliphatic heterocycles. The summed E-state index contributed by atoms with van der Waals surface area (Å²) in [4.78, 5) is 23.7. The summed E-state index contributed by atoms with van der Waals surface area (Å²) in [6.45, 7) is 5.85. The first kappa shape index (κ1) is 26.3. The highest BCUT2D eigenvalue weighted by atomic mass is 35.5. The fourth-order valence-electron chi connectivity index (χ4n) is 3.43. The van der Waals surface area contributed by atoms with E-state index < -0.39 is 5.91 Å². The molecule has 190 valence electrons. The van der Waals surface area contributed by atoms with E-state index in [4.69, 9.17) is 21.1 Å². The molecule has 0 spiro atoms. The van der Waals surface area contributed by atoms with Gasteiger partial charge in [0.25, 0.3) is 5.91 Å². The monoisotopic (exact) mass is 528 g/mol. The Balaban J connectivity index is 1.59. The number of nitrogens with one attached hydrogen (secondary N) is 1. The Kier molecular flexibility index (Phi) is 8.65. The fourth-order valence-corrected chi connectivity index (χ4v) is 3.67. The standard InChI is InChI=1S/C29H22ClFN4O3/c1-3-28(36)32-12-6-8-20-14-23-25(16-27(20)37-4-2)33-18-34-29(23)35-22-10-11-26(24(30)15-22)38-17-19-7-5-9-21(31)13-19/h3,5,7,9-16,18H,1,4,17H2,2H3,(H,33,34,35). The Labute approximate surface area is 224 Å². The highest BCUT2D eigenvalue weighted by Gasteiger charge is 2.11. The van der Waals surface area contributed by atoms with Crippen molar-refractivity contribution in [1.82, 2.24) is 9.97 Å². The van der Waals surface area contributed by atoms with Crippen LogP contribution in [-0.4, -0.2) is 28.7 Å². The highest BCUT2D eigenvalue weighted by Crippen LogP contribution is 2.32. The molecule has 1 aromatic heterocycles. The van der Waals surface area contributed by atoms with Crippen LogP contribution in [0.1, 0.15) is 18.1 Å². The van der Waals surface area contributed by atoms with Crippen molar-refractivity contribution in [3.63, 3.8) is 0 Å². The second kappa shape index (κ2) is 12.5. The first-order valence-electron chi connectivity index (χ1n) is 11.5. The molecule has 0 fully saturated rings. The Bertz CT molecular complexity index is 1590. The molecule has 0 bridgehead atoms. The van der Waals surface area contributed by atoms with Crippen LogP contribution >= 0.6 is 11.6 Å². The molecule has 0 unspecified atom stereocenters. The number of benzene rings is 3. The van der Waals surface area contributed by atoms with Gasteiger partial charge in [0.05, 0.1) is 28.9 Å². The number of ether oxygens (including phenoxy) is 2. The largest absolute Gasteiger partial charge is 0.492 e. The molecule has 0 aliphatic carbocycles. The molecule has 4 rings (SSSR count). The summed E-state index contributed by atoms with van der Waals surface area (Å²) in [5.41, 5.74) is 2.59.